The molecule has 1 aliphatic heterocycles. The molecule has 0 aromatic heterocycles. The second-order valence-electron chi connectivity index (χ2n) is 4.60. The first kappa shape index (κ1) is 15.6. The van der Waals surface area contributed by atoms with E-state index in [1.807, 2.05) is 32.9 Å². The van der Waals surface area contributed by atoms with Gasteiger partial charge in [0, 0.05) is 12.1 Å². The Morgan fingerprint density at radius 3 is 2.63 bits per heavy atom. The lowest BCUT2D eigenvalue weighted by Crippen LogP contribution is -2.35. The fraction of sp³-hybridized carbons (Fsp3) is 0.533. The Labute approximate surface area is 114 Å². The third-order valence-electron chi connectivity index (χ3n) is 3.06. The van der Waals surface area contributed by atoms with Crippen molar-refractivity contribution in [2.24, 2.45) is 0 Å². The van der Waals surface area contributed by atoms with Gasteiger partial charge < -0.3 is 10.0 Å². The number of fused-ring (bicyclic) bond motifs is 1. The number of aliphatic hydroxyl groups is 1. The monoisotopic (exact) mass is 267 g/mol. The summed E-state index contributed by atoms with van der Waals surface area (Å²) in [4.78, 5) is 13.4. The van der Waals surface area contributed by atoms with Crippen LogP contribution in [-0.2, 0) is 6.54 Å². The molecule has 0 aliphatic carbocycles. The largest absolute Gasteiger partial charge is 0.390 e. The van der Waals surface area contributed by atoms with Gasteiger partial charge in [0.1, 0.15) is 6.17 Å². The van der Waals surface area contributed by atoms with Gasteiger partial charge in [-0.1, -0.05) is 31.5 Å². The van der Waals surface area contributed by atoms with Gasteiger partial charge in [-0.2, -0.15) is 0 Å². The zero-order chi connectivity index (χ0) is 14.6. The van der Waals surface area contributed by atoms with Gasteiger partial charge in [0.15, 0.2) is 0 Å². The summed E-state index contributed by atoms with van der Waals surface area (Å²) in [6.07, 6.45) is -2.44. The summed E-state index contributed by atoms with van der Waals surface area (Å²) in [6, 6.07) is 5.60. The minimum absolute atomic E-state index is 0.0514. The Bertz CT molecular complexity index is 446. The number of aliphatic hydroxyl groups excluding tert-OH is 1. The van der Waals surface area contributed by atoms with Crippen LogP contribution < -0.4 is 0 Å². The smallest absolute Gasteiger partial charge is 0.254 e. The maximum absolute atomic E-state index is 13.4. The third-order valence-corrected chi connectivity index (χ3v) is 3.06. The molecule has 2 atom stereocenters. The molecule has 0 radical (unpaired) electrons. The van der Waals surface area contributed by atoms with Crippen molar-refractivity contribution < 1.29 is 14.3 Å². The van der Waals surface area contributed by atoms with Crippen LogP contribution in [0.4, 0.5) is 4.39 Å². The molecule has 3 nitrogen and oxygen atoms in total. The number of alkyl halides is 1. The first-order valence-corrected chi connectivity index (χ1v) is 6.70. The van der Waals surface area contributed by atoms with Gasteiger partial charge in [-0.25, -0.2) is 4.39 Å². The molecule has 106 valence electrons. The summed E-state index contributed by atoms with van der Waals surface area (Å²) in [5, 5.41) is 9.12. The van der Waals surface area contributed by atoms with Gasteiger partial charge in [0.25, 0.3) is 5.91 Å². The van der Waals surface area contributed by atoms with Crippen molar-refractivity contribution in [3.8, 4) is 0 Å². The maximum atomic E-state index is 13.4. The normalized spacial score (nSPS) is 16.5. The van der Waals surface area contributed by atoms with Crippen LogP contribution >= 0.6 is 0 Å². The molecule has 1 aliphatic rings. The lowest BCUT2D eigenvalue weighted by atomic mass is 10.1. The highest BCUT2D eigenvalue weighted by Gasteiger charge is 2.30. The number of carbonyl (C=O) groups is 1. The zero-order valence-electron chi connectivity index (χ0n) is 12.0. The topological polar surface area (TPSA) is 40.5 Å². The fourth-order valence-electron chi connectivity index (χ4n) is 2.02. The molecular weight excluding hydrogens is 245 g/mol. The second kappa shape index (κ2) is 6.66. The Hall–Kier alpha value is -1.42. The molecule has 0 saturated carbocycles. The molecule has 19 heavy (non-hydrogen) atoms. The third kappa shape index (κ3) is 3.53. The minimum atomic E-state index is -1.39. The number of hydrogen-bond donors (Lipinski definition) is 1. The molecule has 0 bridgehead atoms. The highest BCUT2D eigenvalue weighted by molar-refractivity contribution is 5.98. The number of rotatable bonds is 3. The van der Waals surface area contributed by atoms with Crippen LogP contribution in [0.15, 0.2) is 18.2 Å². The number of aryl methyl sites for hydroxylation is 1. The first-order chi connectivity index (χ1) is 8.99. The summed E-state index contributed by atoms with van der Waals surface area (Å²) in [6.45, 7) is 7.73. The summed E-state index contributed by atoms with van der Waals surface area (Å²) in [7, 11) is 0. The zero-order valence-corrected chi connectivity index (χ0v) is 12.0. The molecule has 1 heterocycles. The standard InChI is InChI=1S/C13H16FNO2.C2H6/c1-8-3-4-11-10(5-8)6-15(13(11)17)7-12(14)9(2)16;1-2/h3-5,9,12,16H,6-7H2,1-2H3;1-2H3. The Morgan fingerprint density at radius 1 is 1.42 bits per heavy atom. The molecule has 0 fully saturated rings. The lowest BCUT2D eigenvalue weighted by Gasteiger charge is -2.19. The molecule has 2 rings (SSSR count). The molecular formula is C15H22FNO2. The van der Waals surface area contributed by atoms with E-state index < -0.39 is 12.3 Å². The van der Waals surface area contributed by atoms with Crippen LogP contribution in [0.2, 0.25) is 0 Å². The highest BCUT2D eigenvalue weighted by Crippen LogP contribution is 2.24. The van der Waals surface area contributed by atoms with E-state index in [1.165, 1.54) is 11.8 Å². The van der Waals surface area contributed by atoms with Crippen LogP contribution in [0, 0.1) is 6.92 Å². The predicted molar refractivity (Wildman–Crippen MR) is 73.8 cm³/mol. The molecule has 2 unspecified atom stereocenters. The molecule has 0 saturated heterocycles. The van der Waals surface area contributed by atoms with Crippen LogP contribution in [0.25, 0.3) is 0 Å². The number of amides is 1. The molecule has 1 N–H and O–H groups in total. The maximum Gasteiger partial charge on any atom is 0.254 e. The molecule has 1 amide bonds. The van der Waals surface area contributed by atoms with E-state index in [0.717, 1.165) is 11.1 Å². The number of benzene rings is 1. The summed E-state index contributed by atoms with van der Waals surface area (Å²) >= 11 is 0. The van der Waals surface area contributed by atoms with Gasteiger partial charge in [0.2, 0.25) is 0 Å². The highest BCUT2D eigenvalue weighted by atomic mass is 19.1. The number of hydrogen-bond acceptors (Lipinski definition) is 2. The number of halogens is 1. The first-order valence-electron chi connectivity index (χ1n) is 6.70. The van der Waals surface area contributed by atoms with E-state index in [9.17, 15) is 9.18 Å². The van der Waals surface area contributed by atoms with Crippen molar-refractivity contribution in [1.29, 1.82) is 0 Å². The van der Waals surface area contributed by atoms with E-state index in [1.54, 1.807) is 6.07 Å². The van der Waals surface area contributed by atoms with Crippen LogP contribution in [0.3, 0.4) is 0 Å². The number of carbonyl (C=O) groups excluding carboxylic acids is 1. The molecule has 0 spiro atoms. The molecule has 4 heteroatoms. The van der Waals surface area contributed by atoms with Crippen LogP contribution in [0.1, 0.15) is 42.3 Å². The summed E-state index contributed by atoms with van der Waals surface area (Å²) in [5.41, 5.74) is 2.67. The quantitative estimate of drug-likeness (QED) is 0.914. The Balaban J connectivity index is 0.000000861. The van der Waals surface area contributed by atoms with E-state index in [4.69, 9.17) is 5.11 Å². The predicted octanol–water partition coefficient (Wildman–Crippen LogP) is 2.70. The SMILES string of the molecule is CC.Cc1ccc2c(c1)CN(CC(F)C(C)O)C2=O. The van der Waals surface area contributed by atoms with E-state index >= 15 is 0 Å². The number of nitrogens with zero attached hydrogens (tertiary/aromatic N) is 1. The minimum Gasteiger partial charge on any atom is -0.390 e. The van der Waals surface area contributed by atoms with Crippen molar-refractivity contribution in [3.05, 3.63) is 34.9 Å². The Kier molecular flexibility index (Phi) is 5.48. The van der Waals surface area contributed by atoms with Crippen molar-refractivity contribution in [2.45, 2.75) is 46.5 Å². The van der Waals surface area contributed by atoms with Crippen molar-refractivity contribution in [1.82, 2.24) is 4.90 Å². The summed E-state index contributed by atoms with van der Waals surface area (Å²) in [5.74, 6) is -0.150. The van der Waals surface area contributed by atoms with Gasteiger partial charge in [-0.15, -0.1) is 0 Å². The van der Waals surface area contributed by atoms with Gasteiger partial charge in [0.05, 0.1) is 12.6 Å². The summed E-state index contributed by atoms with van der Waals surface area (Å²) < 4.78 is 13.4. The van der Waals surface area contributed by atoms with Crippen LogP contribution in [0.5, 0.6) is 0 Å². The van der Waals surface area contributed by atoms with Crippen molar-refractivity contribution in [2.75, 3.05) is 6.54 Å². The van der Waals surface area contributed by atoms with Crippen molar-refractivity contribution >= 4 is 5.91 Å². The van der Waals surface area contributed by atoms with E-state index in [0.29, 0.717) is 12.1 Å². The fourth-order valence-corrected chi connectivity index (χ4v) is 2.02. The molecule has 1 aromatic rings. The average Bonchev–Trinajstić information content (AvgIpc) is 2.68. The lowest BCUT2D eigenvalue weighted by molar-refractivity contribution is 0.0515. The van der Waals surface area contributed by atoms with Gasteiger partial charge >= 0.3 is 0 Å². The second-order valence-corrected chi connectivity index (χ2v) is 4.60. The van der Waals surface area contributed by atoms with Gasteiger partial charge in [-0.05, 0) is 25.5 Å². The van der Waals surface area contributed by atoms with Gasteiger partial charge in [-0.3, -0.25) is 4.79 Å². The van der Waals surface area contributed by atoms with E-state index in [-0.39, 0.29) is 12.5 Å². The van der Waals surface area contributed by atoms with Crippen LogP contribution in [-0.4, -0.2) is 34.7 Å². The average molecular weight is 267 g/mol. The Morgan fingerprint density at radius 2 is 2.05 bits per heavy atom. The van der Waals surface area contributed by atoms with E-state index in [2.05, 4.69) is 0 Å². The molecule has 1 aromatic carbocycles. The van der Waals surface area contributed by atoms with Crippen molar-refractivity contribution in [3.63, 3.8) is 0 Å².